The molecule has 1 aliphatic rings. The third-order valence-corrected chi connectivity index (χ3v) is 5.57. The zero-order valence-corrected chi connectivity index (χ0v) is 12.4. The molecule has 0 saturated carbocycles. The van der Waals surface area contributed by atoms with Crippen LogP contribution in [-0.4, -0.2) is 44.0 Å². The molecule has 0 bridgehead atoms. The van der Waals surface area contributed by atoms with E-state index in [2.05, 4.69) is 30.0 Å². The first-order valence-corrected chi connectivity index (χ1v) is 8.48. The maximum absolute atomic E-state index is 11.7. The number of hydrogen-bond donors (Lipinski definition) is 1. The number of rotatable bonds is 3. The normalized spacial score (nSPS) is 25.1. The molecular weight excluding hydrogens is 260 g/mol. The molecule has 0 radical (unpaired) electrons. The fourth-order valence-electron chi connectivity index (χ4n) is 2.81. The molecule has 1 heterocycles. The predicted molar refractivity (Wildman–Crippen MR) is 77.8 cm³/mol. The van der Waals surface area contributed by atoms with Gasteiger partial charge in [0, 0.05) is 25.2 Å². The van der Waals surface area contributed by atoms with Gasteiger partial charge in [-0.2, -0.15) is 0 Å². The van der Waals surface area contributed by atoms with Gasteiger partial charge in [0.15, 0.2) is 9.84 Å². The van der Waals surface area contributed by atoms with Crippen molar-refractivity contribution in [3.8, 4) is 0 Å². The van der Waals surface area contributed by atoms with E-state index >= 15 is 0 Å². The highest BCUT2D eigenvalue weighted by Crippen LogP contribution is 2.25. The average Bonchev–Trinajstić information content (AvgIpc) is 2.32. The molecule has 0 amide bonds. The Morgan fingerprint density at radius 2 is 2.21 bits per heavy atom. The first kappa shape index (κ1) is 14.5. The molecule has 1 aromatic rings. The third-order valence-electron chi connectivity index (χ3n) is 3.77. The molecule has 0 aliphatic carbocycles. The maximum atomic E-state index is 11.7. The van der Waals surface area contributed by atoms with Crippen molar-refractivity contribution in [3.05, 3.63) is 35.4 Å². The van der Waals surface area contributed by atoms with Crippen LogP contribution >= 0.6 is 0 Å². The topological polar surface area (TPSA) is 63.4 Å². The second-order valence-corrected chi connectivity index (χ2v) is 7.60. The standard InChI is InChI=1S/C14H22N2O2S/c1-11-4-3-5-13(8-11)14(9-15)16-6-7-19(17,18)10-12(16)2/h3-5,8,12,14H,6-7,9-10,15H2,1-2H3. The van der Waals surface area contributed by atoms with Crippen LogP contribution in [0.5, 0.6) is 0 Å². The summed E-state index contributed by atoms with van der Waals surface area (Å²) in [6.07, 6.45) is 0. The largest absolute Gasteiger partial charge is 0.329 e. The van der Waals surface area contributed by atoms with Crippen LogP contribution in [0.4, 0.5) is 0 Å². The van der Waals surface area contributed by atoms with E-state index in [0.29, 0.717) is 13.1 Å². The van der Waals surface area contributed by atoms with Crippen LogP contribution in [-0.2, 0) is 9.84 Å². The van der Waals surface area contributed by atoms with Gasteiger partial charge in [0.25, 0.3) is 0 Å². The van der Waals surface area contributed by atoms with Gasteiger partial charge in [-0.25, -0.2) is 8.42 Å². The molecule has 2 N–H and O–H groups in total. The van der Waals surface area contributed by atoms with Crippen molar-refractivity contribution < 1.29 is 8.42 Å². The van der Waals surface area contributed by atoms with Gasteiger partial charge in [0.2, 0.25) is 0 Å². The number of hydrogen-bond acceptors (Lipinski definition) is 4. The molecule has 4 nitrogen and oxygen atoms in total. The second-order valence-electron chi connectivity index (χ2n) is 5.37. The summed E-state index contributed by atoms with van der Waals surface area (Å²) in [5.74, 6) is 0.467. The van der Waals surface area contributed by atoms with Gasteiger partial charge in [-0.15, -0.1) is 0 Å². The number of nitrogens with zero attached hydrogens (tertiary/aromatic N) is 1. The van der Waals surface area contributed by atoms with Gasteiger partial charge in [-0.1, -0.05) is 29.8 Å². The molecule has 2 unspecified atom stereocenters. The number of nitrogens with two attached hydrogens (primary N) is 1. The zero-order valence-electron chi connectivity index (χ0n) is 11.5. The van der Waals surface area contributed by atoms with Crippen LogP contribution in [0.2, 0.25) is 0 Å². The highest BCUT2D eigenvalue weighted by atomic mass is 32.2. The monoisotopic (exact) mass is 282 g/mol. The van der Waals surface area contributed by atoms with E-state index in [-0.39, 0.29) is 23.6 Å². The van der Waals surface area contributed by atoms with Crippen LogP contribution in [0.25, 0.3) is 0 Å². The number of aryl methyl sites for hydroxylation is 1. The summed E-state index contributed by atoms with van der Waals surface area (Å²) >= 11 is 0. The third kappa shape index (κ3) is 3.35. The van der Waals surface area contributed by atoms with Crippen LogP contribution in [0.3, 0.4) is 0 Å². The lowest BCUT2D eigenvalue weighted by molar-refractivity contribution is 0.162. The lowest BCUT2D eigenvalue weighted by atomic mass is 10.0. The van der Waals surface area contributed by atoms with Gasteiger partial charge in [0.05, 0.1) is 11.5 Å². The predicted octanol–water partition coefficient (Wildman–Crippen LogP) is 1.11. The van der Waals surface area contributed by atoms with Crippen LogP contribution in [0.1, 0.15) is 24.1 Å². The van der Waals surface area contributed by atoms with E-state index in [1.54, 1.807) is 0 Å². The van der Waals surface area contributed by atoms with Crippen molar-refractivity contribution in [1.29, 1.82) is 0 Å². The second kappa shape index (κ2) is 5.61. The smallest absolute Gasteiger partial charge is 0.153 e. The summed E-state index contributed by atoms with van der Waals surface area (Å²) in [6, 6.07) is 8.41. The first-order valence-electron chi connectivity index (χ1n) is 6.66. The van der Waals surface area contributed by atoms with Crippen LogP contribution in [0.15, 0.2) is 24.3 Å². The van der Waals surface area contributed by atoms with Crippen LogP contribution < -0.4 is 5.73 Å². The summed E-state index contributed by atoms with van der Waals surface area (Å²) in [5.41, 5.74) is 8.30. The minimum atomic E-state index is -2.88. The Bertz CT molecular complexity index is 542. The van der Waals surface area contributed by atoms with E-state index in [4.69, 9.17) is 5.73 Å². The summed E-state index contributed by atoms with van der Waals surface area (Å²) in [6.45, 7) is 5.10. The Morgan fingerprint density at radius 3 is 2.79 bits per heavy atom. The van der Waals surface area contributed by atoms with E-state index in [1.165, 1.54) is 11.1 Å². The van der Waals surface area contributed by atoms with Gasteiger partial charge < -0.3 is 5.73 Å². The summed E-state index contributed by atoms with van der Waals surface area (Å²) < 4.78 is 23.3. The lowest BCUT2D eigenvalue weighted by Gasteiger charge is -2.39. The SMILES string of the molecule is Cc1cccc(C(CN)N2CCS(=O)(=O)CC2C)c1. The average molecular weight is 282 g/mol. The van der Waals surface area contributed by atoms with Gasteiger partial charge in [-0.05, 0) is 19.4 Å². The number of benzene rings is 1. The Hall–Kier alpha value is -0.910. The van der Waals surface area contributed by atoms with E-state index in [9.17, 15) is 8.42 Å². The molecule has 2 atom stereocenters. The Morgan fingerprint density at radius 1 is 1.47 bits per heavy atom. The zero-order chi connectivity index (χ0) is 14.0. The molecule has 19 heavy (non-hydrogen) atoms. The summed E-state index contributed by atoms with van der Waals surface area (Å²) in [7, 11) is -2.88. The van der Waals surface area contributed by atoms with Crippen molar-refractivity contribution in [3.63, 3.8) is 0 Å². The minimum absolute atomic E-state index is 0.0211. The van der Waals surface area contributed by atoms with E-state index in [0.717, 1.165) is 0 Å². The fourth-order valence-corrected chi connectivity index (χ4v) is 4.40. The van der Waals surface area contributed by atoms with Crippen molar-refractivity contribution >= 4 is 9.84 Å². The van der Waals surface area contributed by atoms with Crippen molar-refractivity contribution in [2.24, 2.45) is 5.73 Å². The highest BCUT2D eigenvalue weighted by Gasteiger charge is 2.32. The molecule has 1 saturated heterocycles. The number of sulfone groups is 1. The Kier molecular flexibility index (Phi) is 4.28. The van der Waals surface area contributed by atoms with Crippen molar-refractivity contribution in [2.75, 3.05) is 24.6 Å². The minimum Gasteiger partial charge on any atom is -0.329 e. The first-order chi connectivity index (χ1) is 8.93. The molecule has 2 rings (SSSR count). The van der Waals surface area contributed by atoms with Crippen LogP contribution in [0, 0.1) is 6.92 Å². The molecule has 1 aliphatic heterocycles. The fraction of sp³-hybridized carbons (Fsp3) is 0.571. The summed E-state index contributed by atoms with van der Waals surface area (Å²) in [4.78, 5) is 2.22. The Balaban J connectivity index is 2.23. The molecule has 0 aromatic heterocycles. The maximum Gasteiger partial charge on any atom is 0.153 e. The molecule has 1 aromatic carbocycles. The molecule has 5 heteroatoms. The van der Waals surface area contributed by atoms with Crippen molar-refractivity contribution in [2.45, 2.75) is 25.9 Å². The van der Waals surface area contributed by atoms with Gasteiger partial charge in [-0.3, -0.25) is 4.90 Å². The van der Waals surface area contributed by atoms with E-state index in [1.807, 2.05) is 13.0 Å². The van der Waals surface area contributed by atoms with Gasteiger partial charge in [0.1, 0.15) is 0 Å². The molecular formula is C14H22N2O2S. The highest BCUT2D eigenvalue weighted by molar-refractivity contribution is 7.91. The Labute approximate surface area is 115 Å². The molecule has 106 valence electrons. The lowest BCUT2D eigenvalue weighted by Crippen LogP contribution is -2.50. The van der Waals surface area contributed by atoms with Gasteiger partial charge >= 0.3 is 0 Å². The quantitative estimate of drug-likeness (QED) is 0.902. The van der Waals surface area contributed by atoms with E-state index < -0.39 is 9.84 Å². The molecule has 1 fully saturated rings. The summed E-state index contributed by atoms with van der Waals surface area (Å²) in [5, 5.41) is 0. The molecule has 0 spiro atoms. The van der Waals surface area contributed by atoms with Crippen molar-refractivity contribution in [1.82, 2.24) is 4.90 Å².